The minimum absolute atomic E-state index is 0. The van der Waals surface area contributed by atoms with Crippen molar-refractivity contribution in [3.8, 4) is 0 Å². The van der Waals surface area contributed by atoms with Gasteiger partial charge in [0, 0.05) is 6.42 Å². The fourth-order valence-corrected chi connectivity index (χ4v) is 3.20. The number of rotatable bonds is 19. The topological polar surface area (TPSA) is 81.4 Å². The van der Waals surface area contributed by atoms with Crippen LogP contribution in [0.15, 0.2) is 0 Å². The first-order chi connectivity index (χ1) is 13.2. The van der Waals surface area contributed by atoms with Gasteiger partial charge < -0.3 is 15.8 Å². The summed E-state index contributed by atoms with van der Waals surface area (Å²) in [6, 6.07) is -0.531. The number of hydrogen-bond acceptors (Lipinski definition) is 4. The Morgan fingerprint density at radius 1 is 0.821 bits per heavy atom. The molecule has 1 atom stereocenters. The highest BCUT2D eigenvalue weighted by atomic mass is 35.5. The van der Waals surface area contributed by atoms with E-state index in [2.05, 4.69) is 12.2 Å². The first-order valence-electron chi connectivity index (χ1n) is 11.3. The molecule has 1 amide bonds. The van der Waals surface area contributed by atoms with Crippen molar-refractivity contribution in [3.05, 3.63) is 0 Å². The Kier molecular flexibility index (Phi) is 23.6. The number of esters is 1. The van der Waals surface area contributed by atoms with Crippen LogP contribution in [0.3, 0.4) is 0 Å². The monoisotopic (exact) mass is 420 g/mol. The van der Waals surface area contributed by atoms with Crippen molar-refractivity contribution >= 4 is 24.3 Å². The number of hydrogen-bond donors (Lipinski definition) is 2. The zero-order valence-electron chi connectivity index (χ0n) is 18.3. The van der Waals surface area contributed by atoms with E-state index in [9.17, 15) is 9.59 Å². The molecular formula is C22H45ClN2O3. The van der Waals surface area contributed by atoms with Crippen molar-refractivity contribution < 1.29 is 14.3 Å². The second-order valence-corrected chi connectivity index (χ2v) is 7.44. The van der Waals surface area contributed by atoms with E-state index in [0.717, 1.165) is 25.7 Å². The molecule has 0 bridgehead atoms. The maximum atomic E-state index is 12.1. The fourth-order valence-electron chi connectivity index (χ4n) is 3.20. The van der Waals surface area contributed by atoms with Crippen LogP contribution in [-0.2, 0) is 14.3 Å². The molecule has 0 radical (unpaired) electrons. The second kappa shape index (κ2) is 22.5. The number of unbranched alkanes of at least 4 members (excludes halogenated alkanes) is 11. The van der Waals surface area contributed by atoms with E-state index in [-0.39, 0.29) is 24.3 Å². The van der Waals surface area contributed by atoms with Gasteiger partial charge in [0.05, 0.1) is 6.61 Å². The molecule has 0 aliphatic carbocycles. The summed E-state index contributed by atoms with van der Waals surface area (Å²) in [4.78, 5) is 24.1. The molecular weight excluding hydrogens is 376 g/mol. The van der Waals surface area contributed by atoms with Gasteiger partial charge in [-0.1, -0.05) is 71.1 Å². The standard InChI is InChI=1S/C22H44N2O3.ClH/c1-3-5-6-7-8-9-10-11-12-13-14-18-21(25)24-20(17-15-16-19-23)22(26)27-4-2;/h20H,3-19,23H2,1-2H3,(H,24,25);1H/t20-;/m0./s1. The lowest BCUT2D eigenvalue weighted by molar-refractivity contribution is -0.147. The highest BCUT2D eigenvalue weighted by Gasteiger charge is 2.21. The molecule has 0 saturated carbocycles. The van der Waals surface area contributed by atoms with Gasteiger partial charge in [0.2, 0.25) is 5.91 Å². The van der Waals surface area contributed by atoms with Crippen LogP contribution in [0, 0.1) is 0 Å². The van der Waals surface area contributed by atoms with Crippen molar-refractivity contribution in [2.24, 2.45) is 5.73 Å². The maximum absolute atomic E-state index is 12.1. The van der Waals surface area contributed by atoms with Crippen LogP contribution in [0.4, 0.5) is 0 Å². The van der Waals surface area contributed by atoms with E-state index in [1.54, 1.807) is 6.92 Å². The van der Waals surface area contributed by atoms with Gasteiger partial charge in [-0.3, -0.25) is 4.79 Å². The zero-order valence-corrected chi connectivity index (χ0v) is 19.1. The Hall–Kier alpha value is -0.810. The lowest BCUT2D eigenvalue weighted by Crippen LogP contribution is -2.41. The van der Waals surface area contributed by atoms with Gasteiger partial charge in [0.25, 0.3) is 0 Å². The Balaban J connectivity index is 0. The van der Waals surface area contributed by atoms with E-state index in [1.165, 1.54) is 57.8 Å². The predicted octanol–water partition coefficient (Wildman–Crippen LogP) is 5.29. The fraction of sp³-hybridized carbons (Fsp3) is 0.909. The van der Waals surface area contributed by atoms with Crippen LogP contribution in [0.2, 0.25) is 0 Å². The number of ether oxygens (including phenoxy) is 1. The second-order valence-electron chi connectivity index (χ2n) is 7.44. The van der Waals surface area contributed by atoms with E-state index in [0.29, 0.717) is 26.0 Å². The van der Waals surface area contributed by atoms with Crippen molar-refractivity contribution in [2.45, 2.75) is 116 Å². The molecule has 0 spiro atoms. The molecule has 5 nitrogen and oxygen atoms in total. The van der Waals surface area contributed by atoms with Crippen LogP contribution in [0.1, 0.15) is 110 Å². The summed E-state index contributed by atoms with van der Waals surface area (Å²) in [6.07, 6.45) is 16.6. The summed E-state index contributed by atoms with van der Waals surface area (Å²) in [6.45, 7) is 4.96. The summed E-state index contributed by atoms with van der Waals surface area (Å²) in [7, 11) is 0. The number of nitrogens with one attached hydrogen (secondary N) is 1. The van der Waals surface area contributed by atoms with Gasteiger partial charge in [-0.05, 0) is 39.2 Å². The van der Waals surface area contributed by atoms with Gasteiger partial charge in [-0.2, -0.15) is 0 Å². The Morgan fingerprint density at radius 3 is 1.86 bits per heavy atom. The third-order valence-electron chi connectivity index (χ3n) is 4.86. The molecule has 0 rings (SSSR count). The number of halogens is 1. The lowest BCUT2D eigenvalue weighted by atomic mass is 10.0. The molecule has 0 aliphatic rings. The summed E-state index contributed by atoms with van der Waals surface area (Å²) >= 11 is 0. The first kappa shape index (κ1) is 29.4. The molecule has 0 aromatic rings. The zero-order chi connectivity index (χ0) is 20.2. The maximum Gasteiger partial charge on any atom is 0.328 e. The van der Waals surface area contributed by atoms with Crippen molar-refractivity contribution in [1.29, 1.82) is 0 Å². The molecule has 0 unspecified atom stereocenters. The molecule has 0 saturated heterocycles. The summed E-state index contributed by atoms with van der Waals surface area (Å²) in [5, 5.41) is 2.84. The Labute approximate surface area is 179 Å². The summed E-state index contributed by atoms with van der Waals surface area (Å²) in [5.41, 5.74) is 5.50. The van der Waals surface area contributed by atoms with Crippen LogP contribution in [-0.4, -0.2) is 31.1 Å². The average Bonchev–Trinajstić information content (AvgIpc) is 2.65. The number of carbonyl (C=O) groups excluding carboxylic acids is 2. The largest absolute Gasteiger partial charge is 0.464 e. The van der Waals surface area contributed by atoms with Crippen molar-refractivity contribution in [1.82, 2.24) is 5.32 Å². The minimum atomic E-state index is -0.531. The molecule has 0 aromatic heterocycles. The molecule has 0 aliphatic heterocycles. The van der Waals surface area contributed by atoms with E-state index < -0.39 is 6.04 Å². The predicted molar refractivity (Wildman–Crippen MR) is 120 cm³/mol. The SMILES string of the molecule is CCCCCCCCCCCCCC(=O)N[C@@H](CCCCN)C(=O)OCC.Cl. The van der Waals surface area contributed by atoms with Crippen LogP contribution < -0.4 is 11.1 Å². The summed E-state index contributed by atoms with van der Waals surface area (Å²) < 4.78 is 5.06. The van der Waals surface area contributed by atoms with Crippen molar-refractivity contribution in [2.75, 3.05) is 13.2 Å². The number of nitrogens with two attached hydrogens (primary N) is 1. The lowest BCUT2D eigenvalue weighted by Gasteiger charge is -2.17. The van der Waals surface area contributed by atoms with Gasteiger partial charge >= 0.3 is 5.97 Å². The van der Waals surface area contributed by atoms with E-state index in [1.807, 2.05) is 0 Å². The molecule has 168 valence electrons. The normalized spacial score (nSPS) is 11.5. The highest BCUT2D eigenvalue weighted by molar-refractivity contribution is 5.85. The van der Waals surface area contributed by atoms with Crippen LogP contribution >= 0.6 is 12.4 Å². The molecule has 3 N–H and O–H groups in total. The molecule has 0 fully saturated rings. The third-order valence-corrected chi connectivity index (χ3v) is 4.86. The highest BCUT2D eigenvalue weighted by Crippen LogP contribution is 2.12. The Bertz CT molecular complexity index is 368. The smallest absolute Gasteiger partial charge is 0.328 e. The minimum Gasteiger partial charge on any atom is -0.464 e. The quantitative estimate of drug-likeness (QED) is 0.220. The van der Waals surface area contributed by atoms with Gasteiger partial charge in [0.1, 0.15) is 6.04 Å². The Morgan fingerprint density at radius 2 is 1.36 bits per heavy atom. The molecule has 0 aromatic carbocycles. The third kappa shape index (κ3) is 18.5. The van der Waals surface area contributed by atoms with E-state index >= 15 is 0 Å². The van der Waals surface area contributed by atoms with Gasteiger partial charge in [0.15, 0.2) is 0 Å². The number of amides is 1. The van der Waals surface area contributed by atoms with Crippen molar-refractivity contribution in [3.63, 3.8) is 0 Å². The first-order valence-corrected chi connectivity index (χ1v) is 11.3. The molecule has 28 heavy (non-hydrogen) atoms. The average molecular weight is 421 g/mol. The van der Waals surface area contributed by atoms with Crippen LogP contribution in [0.5, 0.6) is 0 Å². The molecule has 0 heterocycles. The van der Waals surface area contributed by atoms with E-state index in [4.69, 9.17) is 10.5 Å². The van der Waals surface area contributed by atoms with Gasteiger partial charge in [-0.15, -0.1) is 12.4 Å². The number of carbonyl (C=O) groups is 2. The van der Waals surface area contributed by atoms with Gasteiger partial charge in [-0.25, -0.2) is 4.79 Å². The molecule has 6 heteroatoms. The summed E-state index contributed by atoms with van der Waals surface area (Å²) in [5.74, 6) is -0.376. The van der Waals surface area contributed by atoms with Crippen LogP contribution in [0.25, 0.3) is 0 Å².